The second-order valence-electron chi connectivity index (χ2n) is 8.32. The lowest BCUT2D eigenvalue weighted by Gasteiger charge is -2.24. The number of carbonyl (C=O) groups is 1. The summed E-state index contributed by atoms with van der Waals surface area (Å²) in [7, 11) is 0. The minimum absolute atomic E-state index is 0.0441. The normalized spacial score (nSPS) is 19.6. The van der Waals surface area contributed by atoms with Crippen molar-refractivity contribution in [3.8, 4) is 6.01 Å². The quantitative estimate of drug-likeness (QED) is 0.536. The minimum Gasteiger partial charge on any atom is -0.465 e. The van der Waals surface area contributed by atoms with Crippen LogP contribution in [0.2, 0.25) is 0 Å². The fraction of sp³-hybridized carbons (Fsp3) is 0.476. The third kappa shape index (κ3) is 3.82. The molecule has 160 valence electrons. The molecule has 2 atom stereocenters. The van der Waals surface area contributed by atoms with Crippen LogP contribution in [0.5, 0.6) is 6.01 Å². The number of alkyl halides is 1. The van der Waals surface area contributed by atoms with Crippen LogP contribution in [0.25, 0.3) is 21.9 Å². The van der Waals surface area contributed by atoms with Crippen molar-refractivity contribution < 1.29 is 18.7 Å². The number of ether oxygens (including phenoxy) is 2. The number of amides is 1. The molecule has 0 radical (unpaired) electrons. The number of hydrogen-bond donors (Lipinski definition) is 0. The summed E-state index contributed by atoms with van der Waals surface area (Å²) in [6.07, 6.45) is -0.146. The molecule has 9 heteroatoms. The summed E-state index contributed by atoms with van der Waals surface area (Å²) in [6, 6.07) is 5.41. The van der Waals surface area contributed by atoms with Crippen LogP contribution >= 0.6 is 15.9 Å². The minimum atomic E-state index is -1.29. The number of pyridine rings is 1. The van der Waals surface area contributed by atoms with E-state index in [4.69, 9.17) is 9.47 Å². The van der Waals surface area contributed by atoms with Gasteiger partial charge in [0.2, 0.25) is 0 Å². The molecule has 0 spiro atoms. The first-order valence-electron chi connectivity index (χ1n) is 9.89. The molecule has 1 aliphatic rings. The summed E-state index contributed by atoms with van der Waals surface area (Å²) in [5.41, 5.74) is 1.48. The fourth-order valence-electron chi connectivity index (χ4n) is 3.73. The number of hydrogen-bond acceptors (Lipinski definition) is 5. The third-order valence-electron chi connectivity index (χ3n) is 4.92. The number of halogens is 2. The Morgan fingerprint density at radius 3 is 2.77 bits per heavy atom. The molecule has 1 aromatic carbocycles. The highest BCUT2D eigenvalue weighted by Gasteiger charge is 2.40. The van der Waals surface area contributed by atoms with E-state index in [-0.39, 0.29) is 13.1 Å². The van der Waals surface area contributed by atoms with Gasteiger partial charge in [-0.05, 0) is 45.9 Å². The van der Waals surface area contributed by atoms with Gasteiger partial charge in [-0.1, -0.05) is 15.9 Å². The lowest BCUT2D eigenvalue weighted by molar-refractivity contribution is 0.0281. The van der Waals surface area contributed by atoms with Crippen LogP contribution in [-0.2, 0) is 4.74 Å². The zero-order chi connectivity index (χ0) is 21.6. The number of likely N-dealkylation sites (tertiary alicyclic amines) is 1. The van der Waals surface area contributed by atoms with Crippen molar-refractivity contribution in [1.82, 2.24) is 19.4 Å². The van der Waals surface area contributed by atoms with E-state index in [1.165, 1.54) is 4.90 Å². The van der Waals surface area contributed by atoms with E-state index in [1.54, 1.807) is 31.5 Å². The van der Waals surface area contributed by atoms with Crippen molar-refractivity contribution in [2.24, 2.45) is 0 Å². The van der Waals surface area contributed by atoms with Crippen molar-refractivity contribution in [1.29, 1.82) is 0 Å². The average molecular weight is 479 g/mol. The highest BCUT2D eigenvalue weighted by Crippen LogP contribution is 2.37. The lowest BCUT2D eigenvalue weighted by atomic mass is 10.1. The molecule has 1 saturated heterocycles. The van der Waals surface area contributed by atoms with Crippen LogP contribution in [0, 0.1) is 0 Å². The maximum atomic E-state index is 15.2. The first-order valence-corrected chi connectivity index (χ1v) is 10.7. The largest absolute Gasteiger partial charge is 0.465 e. The van der Waals surface area contributed by atoms with Gasteiger partial charge in [0.1, 0.15) is 17.3 Å². The van der Waals surface area contributed by atoms with Crippen LogP contribution < -0.4 is 4.74 Å². The van der Waals surface area contributed by atoms with Gasteiger partial charge in [-0.3, -0.25) is 9.55 Å². The first-order chi connectivity index (χ1) is 14.2. The van der Waals surface area contributed by atoms with E-state index >= 15 is 4.39 Å². The van der Waals surface area contributed by atoms with Crippen LogP contribution in [0.15, 0.2) is 28.9 Å². The number of aromatic nitrogens is 3. The van der Waals surface area contributed by atoms with Crippen LogP contribution in [0.4, 0.5) is 9.18 Å². The molecule has 4 rings (SSSR count). The predicted molar refractivity (Wildman–Crippen MR) is 116 cm³/mol. The van der Waals surface area contributed by atoms with Crippen molar-refractivity contribution in [3.05, 3.63) is 28.9 Å². The number of nitrogens with zero attached hydrogens (tertiary/aromatic N) is 4. The Balaban J connectivity index is 1.82. The molecule has 0 aliphatic carbocycles. The van der Waals surface area contributed by atoms with Gasteiger partial charge in [-0.2, -0.15) is 4.98 Å². The Morgan fingerprint density at radius 2 is 2.07 bits per heavy atom. The van der Waals surface area contributed by atoms with E-state index < -0.39 is 23.9 Å². The molecule has 0 unspecified atom stereocenters. The van der Waals surface area contributed by atoms with Crippen molar-refractivity contribution in [2.45, 2.75) is 45.5 Å². The molecule has 2 aromatic heterocycles. The summed E-state index contributed by atoms with van der Waals surface area (Å²) in [5, 5.41) is 0.836. The summed E-state index contributed by atoms with van der Waals surface area (Å²) >= 11 is 3.50. The molecule has 0 bridgehead atoms. The predicted octanol–water partition coefficient (Wildman–Crippen LogP) is 4.88. The molecular formula is C21H24BrFN4O3. The van der Waals surface area contributed by atoms with Gasteiger partial charge < -0.3 is 14.4 Å². The van der Waals surface area contributed by atoms with E-state index in [2.05, 4.69) is 25.9 Å². The van der Waals surface area contributed by atoms with Crippen molar-refractivity contribution in [3.63, 3.8) is 0 Å². The maximum absolute atomic E-state index is 15.2. The summed E-state index contributed by atoms with van der Waals surface area (Å²) in [4.78, 5) is 22.9. The standard InChI is InChI=1S/C21H24BrFN4O3/c1-5-29-19-25-16-9-24-15-7-6-12(22)8-13(15)18(16)27(19)17-11-26(10-14(17)23)20(28)30-21(2,3)4/h6-9,14,17H,5,10-11H2,1-4H3/t14-,17+/m0/s1. The Labute approximate surface area is 182 Å². The first kappa shape index (κ1) is 20.8. The summed E-state index contributed by atoms with van der Waals surface area (Å²) in [6.45, 7) is 7.73. The van der Waals surface area contributed by atoms with Crippen LogP contribution in [0.1, 0.15) is 33.7 Å². The number of imidazole rings is 1. The maximum Gasteiger partial charge on any atom is 0.410 e. The summed E-state index contributed by atoms with van der Waals surface area (Å²) in [5.74, 6) is 0. The Morgan fingerprint density at radius 1 is 1.30 bits per heavy atom. The summed E-state index contributed by atoms with van der Waals surface area (Å²) < 4.78 is 29.1. The van der Waals surface area contributed by atoms with Gasteiger partial charge >= 0.3 is 6.09 Å². The molecule has 7 nitrogen and oxygen atoms in total. The third-order valence-corrected chi connectivity index (χ3v) is 5.42. The van der Waals surface area contributed by atoms with Gasteiger partial charge in [-0.15, -0.1) is 0 Å². The molecule has 30 heavy (non-hydrogen) atoms. The van der Waals surface area contributed by atoms with Gasteiger partial charge in [-0.25, -0.2) is 9.18 Å². The molecular weight excluding hydrogens is 455 g/mol. The average Bonchev–Trinajstić information content (AvgIpc) is 3.20. The van der Waals surface area contributed by atoms with E-state index in [0.29, 0.717) is 18.1 Å². The SMILES string of the molecule is CCOc1nc2cnc3ccc(Br)cc3c2n1[C@@H]1CN(C(=O)OC(C)(C)C)C[C@@H]1F. The van der Waals surface area contributed by atoms with Crippen molar-refractivity contribution in [2.75, 3.05) is 19.7 Å². The van der Waals surface area contributed by atoms with Gasteiger partial charge in [0, 0.05) is 16.4 Å². The van der Waals surface area contributed by atoms with Gasteiger partial charge in [0.15, 0.2) is 0 Å². The monoisotopic (exact) mass is 478 g/mol. The molecule has 3 aromatic rings. The van der Waals surface area contributed by atoms with E-state index in [9.17, 15) is 4.79 Å². The second-order valence-corrected chi connectivity index (χ2v) is 9.24. The van der Waals surface area contributed by atoms with Gasteiger partial charge in [0.05, 0.1) is 36.4 Å². The Hall–Kier alpha value is -2.42. The Kier molecular flexibility index (Phi) is 5.34. The van der Waals surface area contributed by atoms with E-state index in [0.717, 1.165) is 20.9 Å². The highest BCUT2D eigenvalue weighted by molar-refractivity contribution is 9.10. The van der Waals surface area contributed by atoms with Crippen LogP contribution in [0.3, 0.4) is 0 Å². The lowest BCUT2D eigenvalue weighted by Crippen LogP contribution is -2.35. The zero-order valence-corrected chi connectivity index (χ0v) is 18.9. The molecule has 0 N–H and O–H groups in total. The number of fused-ring (bicyclic) bond motifs is 3. The molecule has 1 amide bonds. The van der Waals surface area contributed by atoms with Gasteiger partial charge in [0.25, 0.3) is 6.01 Å². The fourth-order valence-corrected chi connectivity index (χ4v) is 4.09. The topological polar surface area (TPSA) is 69.5 Å². The second kappa shape index (κ2) is 7.68. The Bertz CT molecular complexity index is 1110. The molecule has 3 heterocycles. The molecule has 1 aliphatic heterocycles. The van der Waals surface area contributed by atoms with Crippen LogP contribution in [-0.4, -0.2) is 57.0 Å². The van der Waals surface area contributed by atoms with Crippen molar-refractivity contribution >= 4 is 44.0 Å². The number of rotatable bonds is 3. The highest BCUT2D eigenvalue weighted by atomic mass is 79.9. The number of benzene rings is 1. The smallest absolute Gasteiger partial charge is 0.410 e. The molecule has 0 saturated carbocycles. The zero-order valence-electron chi connectivity index (χ0n) is 17.4. The molecule has 1 fully saturated rings. The van der Waals surface area contributed by atoms with E-state index in [1.807, 2.05) is 25.1 Å². The number of carbonyl (C=O) groups excluding carboxylic acids is 1.